The third kappa shape index (κ3) is 2.07. The molecule has 76 valence electrons. The molecule has 2 rings (SSSR count). The minimum absolute atomic E-state index is 0.777. The zero-order chi connectivity index (χ0) is 10.7. The van der Waals surface area contributed by atoms with Crippen LogP contribution in [-0.2, 0) is 0 Å². The van der Waals surface area contributed by atoms with Crippen molar-refractivity contribution in [1.82, 2.24) is 4.41 Å². The lowest BCUT2D eigenvalue weighted by Gasteiger charge is -1.99. The van der Waals surface area contributed by atoms with E-state index in [1.54, 1.807) is 4.41 Å². The van der Waals surface area contributed by atoms with Gasteiger partial charge < -0.3 is 0 Å². The van der Waals surface area contributed by atoms with Crippen molar-refractivity contribution in [2.75, 3.05) is 7.05 Å². The number of nitrogens with zero attached hydrogens (tertiary/aromatic N) is 3. The number of nitroso groups, excluding NO2 is 1. The van der Waals surface area contributed by atoms with E-state index in [-0.39, 0.29) is 0 Å². The Morgan fingerprint density at radius 1 is 1.40 bits per heavy atom. The largest absolute Gasteiger partial charge is 0.237 e. The summed E-state index contributed by atoms with van der Waals surface area (Å²) >= 11 is 1.39. The molecule has 0 atom stereocenters. The Labute approximate surface area is 91.8 Å². The highest BCUT2D eigenvalue weighted by Crippen LogP contribution is 2.31. The third-order valence-corrected chi connectivity index (χ3v) is 2.76. The van der Waals surface area contributed by atoms with Crippen molar-refractivity contribution < 1.29 is 0 Å². The van der Waals surface area contributed by atoms with Crippen LogP contribution in [0.3, 0.4) is 0 Å². The molecule has 4 nitrogen and oxygen atoms in total. The summed E-state index contributed by atoms with van der Waals surface area (Å²) in [6.07, 6.45) is 1.29. The number of hydrazone groups is 1. The van der Waals surface area contributed by atoms with E-state index in [0.717, 1.165) is 16.2 Å². The molecule has 1 aromatic carbocycles. The fourth-order valence-electron chi connectivity index (χ4n) is 1.32. The van der Waals surface area contributed by atoms with Crippen LogP contribution in [0.15, 0.2) is 51.7 Å². The predicted molar refractivity (Wildman–Crippen MR) is 62.2 cm³/mol. The van der Waals surface area contributed by atoms with Crippen LogP contribution < -0.4 is 0 Å². The van der Waals surface area contributed by atoms with Crippen LogP contribution in [0.25, 0.3) is 0 Å². The molecule has 0 bridgehead atoms. The summed E-state index contributed by atoms with van der Waals surface area (Å²) in [5.41, 5.74) is 1.78. The van der Waals surface area contributed by atoms with Gasteiger partial charge in [0.15, 0.2) is 0 Å². The molecule has 0 saturated carbocycles. The quantitative estimate of drug-likeness (QED) is 0.567. The van der Waals surface area contributed by atoms with E-state index in [2.05, 4.69) is 10.3 Å². The van der Waals surface area contributed by atoms with Gasteiger partial charge in [0.1, 0.15) is 5.71 Å². The van der Waals surface area contributed by atoms with Crippen molar-refractivity contribution in [1.29, 1.82) is 0 Å². The lowest BCUT2D eigenvalue weighted by molar-refractivity contribution is 0.628. The van der Waals surface area contributed by atoms with Crippen LogP contribution in [0.5, 0.6) is 0 Å². The highest BCUT2D eigenvalue weighted by Gasteiger charge is 2.20. The lowest BCUT2D eigenvalue weighted by atomic mass is 10.1. The van der Waals surface area contributed by atoms with Gasteiger partial charge in [0.05, 0.1) is 11.1 Å². The average molecular weight is 219 g/mol. The highest BCUT2D eigenvalue weighted by atomic mass is 32.2. The monoisotopic (exact) mass is 219 g/mol. The van der Waals surface area contributed by atoms with Gasteiger partial charge in [0, 0.05) is 24.6 Å². The average Bonchev–Trinajstić information content (AvgIpc) is 2.62. The summed E-state index contributed by atoms with van der Waals surface area (Å²) in [7, 11) is 1.83. The molecule has 0 aliphatic carbocycles. The summed E-state index contributed by atoms with van der Waals surface area (Å²) in [5.74, 6) is 0. The molecule has 0 saturated heterocycles. The van der Waals surface area contributed by atoms with Crippen LogP contribution in [0.4, 0.5) is 0 Å². The van der Waals surface area contributed by atoms with Gasteiger partial charge in [0.25, 0.3) is 0 Å². The number of benzene rings is 1. The second-order valence-corrected chi connectivity index (χ2v) is 4.12. The summed E-state index contributed by atoms with van der Waals surface area (Å²) in [6, 6.07) is 9.73. The summed E-state index contributed by atoms with van der Waals surface area (Å²) in [6.45, 7) is 0. The molecule has 5 heteroatoms. The summed E-state index contributed by atoms with van der Waals surface area (Å²) < 4.78 is 1.71. The Kier molecular flexibility index (Phi) is 2.82. The second-order valence-electron chi connectivity index (χ2n) is 2.97. The molecule has 0 N–H and O–H groups in total. The van der Waals surface area contributed by atoms with Gasteiger partial charge >= 0.3 is 0 Å². The van der Waals surface area contributed by atoms with E-state index in [1.165, 1.54) is 18.1 Å². The number of hydrogen-bond donors (Lipinski definition) is 0. The van der Waals surface area contributed by atoms with Crippen molar-refractivity contribution in [3.05, 3.63) is 51.9 Å². The topological polar surface area (TPSA) is 45.0 Å². The van der Waals surface area contributed by atoms with Crippen LogP contribution in [0, 0.1) is 4.91 Å². The Morgan fingerprint density at radius 3 is 2.80 bits per heavy atom. The zero-order valence-corrected chi connectivity index (χ0v) is 8.94. The molecule has 1 aliphatic rings. The van der Waals surface area contributed by atoms with Gasteiger partial charge in [0.2, 0.25) is 0 Å². The molecular weight excluding hydrogens is 210 g/mol. The van der Waals surface area contributed by atoms with Crippen molar-refractivity contribution in [3.8, 4) is 0 Å². The maximum Gasteiger partial charge on any atom is 0.108 e. The van der Waals surface area contributed by atoms with E-state index in [9.17, 15) is 4.91 Å². The number of hydrogen-bond acceptors (Lipinski definition) is 5. The molecule has 1 aliphatic heterocycles. The standard InChI is InChI=1S/C10H9N3OS/c1-13-12-10(9(15-13)7-11-14)8-5-3-2-4-6-8/h2-7H,1H3/b9-7-. The van der Waals surface area contributed by atoms with Crippen molar-refractivity contribution in [2.45, 2.75) is 0 Å². The maximum atomic E-state index is 10.2. The van der Waals surface area contributed by atoms with E-state index in [1.807, 2.05) is 37.4 Å². The highest BCUT2D eigenvalue weighted by molar-refractivity contribution is 8.02. The van der Waals surface area contributed by atoms with Gasteiger partial charge in [-0.3, -0.25) is 0 Å². The first kappa shape index (κ1) is 9.92. The van der Waals surface area contributed by atoms with Crippen LogP contribution >= 0.6 is 11.9 Å². The summed E-state index contributed by atoms with van der Waals surface area (Å²) in [4.78, 5) is 11.0. The first-order valence-corrected chi connectivity index (χ1v) is 5.17. The zero-order valence-electron chi connectivity index (χ0n) is 8.12. The molecule has 0 spiro atoms. The molecular formula is C10H9N3OS. The van der Waals surface area contributed by atoms with Crippen molar-refractivity contribution in [2.24, 2.45) is 10.3 Å². The molecule has 0 aromatic heterocycles. The predicted octanol–water partition coefficient (Wildman–Crippen LogP) is 2.59. The first-order chi connectivity index (χ1) is 7.31. The van der Waals surface area contributed by atoms with Gasteiger partial charge in [-0.05, 0) is 5.18 Å². The fourth-order valence-corrected chi connectivity index (χ4v) is 2.07. The minimum Gasteiger partial charge on any atom is -0.237 e. The number of allylic oxidation sites excluding steroid dienone is 1. The van der Waals surface area contributed by atoms with Gasteiger partial charge in [-0.25, -0.2) is 4.41 Å². The first-order valence-electron chi connectivity index (χ1n) is 4.40. The Morgan fingerprint density at radius 2 is 2.13 bits per heavy atom. The molecule has 0 radical (unpaired) electrons. The van der Waals surface area contributed by atoms with Crippen LogP contribution in [-0.4, -0.2) is 17.2 Å². The molecule has 0 amide bonds. The van der Waals surface area contributed by atoms with Crippen LogP contribution in [0.2, 0.25) is 0 Å². The van der Waals surface area contributed by atoms with E-state index in [0.29, 0.717) is 0 Å². The Balaban J connectivity index is 2.39. The van der Waals surface area contributed by atoms with Gasteiger partial charge in [-0.1, -0.05) is 30.3 Å². The molecule has 1 heterocycles. The fraction of sp³-hybridized carbons (Fsp3) is 0.100. The molecule has 0 unspecified atom stereocenters. The van der Waals surface area contributed by atoms with E-state index >= 15 is 0 Å². The van der Waals surface area contributed by atoms with Gasteiger partial charge in [-0.2, -0.15) is 5.10 Å². The van der Waals surface area contributed by atoms with Crippen LogP contribution in [0.1, 0.15) is 5.56 Å². The van der Waals surface area contributed by atoms with E-state index < -0.39 is 0 Å². The minimum atomic E-state index is 0.777. The van der Waals surface area contributed by atoms with Crippen molar-refractivity contribution in [3.63, 3.8) is 0 Å². The molecule has 0 fully saturated rings. The summed E-state index contributed by atoms with van der Waals surface area (Å²) in [5, 5.41) is 7.09. The molecule has 1 aromatic rings. The third-order valence-electron chi connectivity index (χ3n) is 1.92. The Bertz CT molecular complexity index is 428. The van der Waals surface area contributed by atoms with Crippen molar-refractivity contribution >= 4 is 17.7 Å². The lowest BCUT2D eigenvalue weighted by Crippen LogP contribution is -1.98. The maximum absolute atomic E-state index is 10.2. The van der Waals surface area contributed by atoms with Gasteiger partial charge in [-0.15, -0.1) is 4.91 Å². The normalized spacial score (nSPS) is 18.1. The second kappa shape index (κ2) is 4.27. The SMILES string of the molecule is CN1N=C(c2ccccc2)/C(=C/N=O)S1. The number of rotatable bonds is 2. The smallest absolute Gasteiger partial charge is 0.108 e. The molecule has 15 heavy (non-hydrogen) atoms. The van der Waals surface area contributed by atoms with E-state index in [4.69, 9.17) is 0 Å². The Hall–Kier alpha value is -1.62.